The van der Waals surface area contributed by atoms with Crippen LogP contribution in [-0.4, -0.2) is 34.0 Å². The lowest BCUT2D eigenvalue weighted by Crippen LogP contribution is -2.34. The maximum Gasteiger partial charge on any atom is 0.289 e. The second-order valence-electron chi connectivity index (χ2n) is 6.15. The Kier molecular flexibility index (Phi) is 4.05. The number of aryl methyl sites for hydroxylation is 3. The van der Waals surface area contributed by atoms with Gasteiger partial charge in [-0.1, -0.05) is 6.92 Å². The van der Waals surface area contributed by atoms with E-state index in [-0.39, 0.29) is 5.91 Å². The number of nitrogens with zero attached hydrogens (tertiary/aromatic N) is 3. The summed E-state index contributed by atoms with van der Waals surface area (Å²) in [7, 11) is 1.85. The maximum absolute atomic E-state index is 12.5. The second kappa shape index (κ2) is 5.99. The minimum Gasteiger partial charge on any atom is -0.456 e. The largest absolute Gasteiger partial charge is 0.456 e. The summed E-state index contributed by atoms with van der Waals surface area (Å²) in [4.78, 5) is 18.7. The van der Waals surface area contributed by atoms with Crippen LogP contribution in [0, 0.1) is 12.8 Å². The van der Waals surface area contributed by atoms with E-state index < -0.39 is 0 Å². The Morgan fingerprint density at radius 2 is 2.36 bits per heavy atom. The van der Waals surface area contributed by atoms with Gasteiger partial charge >= 0.3 is 0 Å². The maximum atomic E-state index is 12.5. The quantitative estimate of drug-likeness (QED) is 0.872. The molecule has 1 aliphatic heterocycles. The van der Waals surface area contributed by atoms with Crippen molar-refractivity contribution in [3.63, 3.8) is 0 Å². The van der Waals surface area contributed by atoms with E-state index in [9.17, 15) is 4.79 Å². The van der Waals surface area contributed by atoms with E-state index in [0.717, 1.165) is 49.5 Å². The van der Waals surface area contributed by atoms with Gasteiger partial charge in [-0.15, -0.1) is 0 Å². The zero-order valence-corrected chi connectivity index (χ0v) is 13.5. The van der Waals surface area contributed by atoms with Crippen LogP contribution >= 0.6 is 0 Å². The van der Waals surface area contributed by atoms with Gasteiger partial charge in [-0.25, -0.2) is 4.98 Å². The Morgan fingerprint density at radius 1 is 1.55 bits per heavy atom. The third kappa shape index (κ3) is 2.80. The predicted molar refractivity (Wildman–Crippen MR) is 83.8 cm³/mol. The number of aromatic nitrogens is 2. The molecule has 3 rings (SSSR count). The van der Waals surface area contributed by atoms with E-state index in [4.69, 9.17) is 4.42 Å². The van der Waals surface area contributed by atoms with Gasteiger partial charge < -0.3 is 13.9 Å². The van der Waals surface area contributed by atoms with Gasteiger partial charge in [-0.05, 0) is 30.9 Å². The summed E-state index contributed by atoms with van der Waals surface area (Å²) in [5.74, 6) is 2.91. The SMILES string of the molecule is CCc1oc(C(=O)N(C)C[C@H]2CCn3ccnc3C2)cc1C. The molecule has 0 N–H and O–H groups in total. The minimum atomic E-state index is -0.0308. The number of carbonyl (C=O) groups is 1. The van der Waals surface area contributed by atoms with E-state index >= 15 is 0 Å². The Labute approximate surface area is 130 Å². The number of fused-ring (bicyclic) bond motifs is 1. The molecule has 0 radical (unpaired) electrons. The molecule has 5 nitrogen and oxygen atoms in total. The fourth-order valence-electron chi connectivity index (χ4n) is 3.21. The molecule has 5 heteroatoms. The van der Waals surface area contributed by atoms with E-state index in [1.165, 1.54) is 0 Å². The average Bonchev–Trinajstić information content (AvgIpc) is 3.11. The zero-order valence-electron chi connectivity index (χ0n) is 13.5. The summed E-state index contributed by atoms with van der Waals surface area (Å²) >= 11 is 0. The minimum absolute atomic E-state index is 0.0308. The van der Waals surface area contributed by atoms with Crippen LogP contribution in [-0.2, 0) is 19.4 Å². The lowest BCUT2D eigenvalue weighted by Gasteiger charge is -2.27. The number of amides is 1. The van der Waals surface area contributed by atoms with Gasteiger partial charge in [0.2, 0.25) is 0 Å². The van der Waals surface area contributed by atoms with Crippen molar-refractivity contribution in [1.82, 2.24) is 14.5 Å². The van der Waals surface area contributed by atoms with Gasteiger partial charge in [-0.3, -0.25) is 4.79 Å². The van der Waals surface area contributed by atoms with Crippen LogP contribution in [0.15, 0.2) is 22.9 Å². The highest BCUT2D eigenvalue weighted by atomic mass is 16.4. The normalized spacial score (nSPS) is 17.3. The molecule has 0 aliphatic carbocycles. The standard InChI is InChI=1S/C17H23N3O2/c1-4-14-12(2)9-15(22-14)17(21)19(3)11-13-5-7-20-8-6-18-16(20)10-13/h6,8-9,13H,4-5,7,10-11H2,1-3H3/t13-/m0/s1. The molecule has 2 aromatic rings. The van der Waals surface area contributed by atoms with Crippen LogP contribution in [0.3, 0.4) is 0 Å². The lowest BCUT2D eigenvalue weighted by molar-refractivity contribution is 0.0730. The Bertz CT molecular complexity index is 671. The van der Waals surface area contributed by atoms with Crippen molar-refractivity contribution >= 4 is 5.91 Å². The molecule has 0 spiro atoms. The fourth-order valence-corrected chi connectivity index (χ4v) is 3.21. The van der Waals surface area contributed by atoms with E-state index in [1.807, 2.05) is 39.4 Å². The Morgan fingerprint density at radius 3 is 3.09 bits per heavy atom. The van der Waals surface area contributed by atoms with Gasteiger partial charge in [0.25, 0.3) is 5.91 Å². The van der Waals surface area contributed by atoms with Crippen molar-refractivity contribution in [1.29, 1.82) is 0 Å². The van der Waals surface area contributed by atoms with Gasteiger partial charge in [-0.2, -0.15) is 0 Å². The zero-order chi connectivity index (χ0) is 15.7. The molecule has 1 amide bonds. The molecule has 0 bridgehead atoms. The van der Waals surface area contributed by atoms with E-state index in [2.05, 4.69) is 9.55 Å². The smallest absolute Gasteiger partial charge is 0.289 e. The summed E-state index contributed by atoms with van der Waals surface area (Å²) in [5.41, 5.74) is 1.05. The number of hydrogen-bond donors (Lipinski definition) is 0. The fraction of sp³-hybridized carbons (Fsp3) is 0.529. The molecule has 0 fully saturated rings. The number of furan rings is 1. The van der Waals surface area contributed by atoms with Gasteiger partial charge in [0.05, 0.1) is 0 Å². The topological polar surface area (TPSA) is 51.3 Å². The molecule has 0 saturated heterocycles. The van der Waals surface area contributed by atoms with Crippen LogP contribution in [0.4, 0.5) is 0 Å². The summed E-state index contributed by atoms with van der Waals surface area (Å²) in [6.07, 6.45) is 6.71. The highest BCUT2D eigenvalue weighted by Crippen LogP contribution is 2.21. The number of hydrogen-bond acceptors (Lipinski definition) is 3. The molecule has 0 unspecified atom stereocenters. The molecule has 0 aromatic carbocycles. The monoisotopic (exact) mass is 301 g/mol. The van der Waals surface area contributed by atoms with Crippen molar-refractivity contribution in [3.05, 3.63) is 41.4 Å². The lowest BCUT2D eigenvalue weighted by atomic mass is 9.97. The first-order valence-corrected chi connectivity index (χ1v) is 7.93. The van der Waals surface area contributed by atoms with Crippen LogP contribution in [0.2, 0.25) is 0 Å². The Hall–Kier alpha value is -2.04. The van der Waals surface area contributed by atoms with Crippen molar-refractivity contribution in [2.24, 2.45) is 5.92 Å². The molecular weight excluding hydrogens is 278 g/mol. The number of imidazole rings is 1. The summed E-state index contributed by atoms with van der Waals surface area (Å²) in [5, 5.41) is 0. The predicted octanol–water partition coefficient (Wildman–Crippen LogP) is 2.68. The molecular formula is C17H23N3O2. The first-order valence-electron chi connectivity index (χ1n) is 7.93. The molecule has 2 aromatic heterocycles. The van der Waals surface area contributed by atoms with Crippen LogP contribution in [0.5, 0.6) is 0 Å². The van der Waals surface area contributed by atoms with Crippen molar-refractivity contribution < 1.29 is 9.21 Å². The number of rotatable bonds is 4. The van der Waals surface area contributed by atoms with Crippen LogP contribution in [0.25, 0.3) is 0 Å². The van der Waals surface area contributed by atoms with Gasteiger partial charge in [0.15, 0.2) is 5.76 Å². The van der Waals surface area contributed by atoms with Crippen molar-refractivity contribution in [3.8, 4) is 0 Å². The molecule has 118 valence electrons. The average molecular weight is 301 g/mol. The van der Waals surface area contributed by atoms with Gasteiger partial charge in [0, 0.05) is 45.4 Å². The summed E-state index contributed by atoms with van der Waals surface area (Å²) < 4.78 is 7.87. The molecule has 1 atom stereocenters. The highest BCUT2D eigenvalue weighted by molar-refractivity contribution is 5.91. The van der Waals surface area contributed by atoms with Crippen LogP contribution in [0.1, 0.15) is 41.0 Å². The van der Waals surface area contributed by atoms with Crippen molar-refractivity contribution in [2.75, 3.05) is 13.6 Å². The molecule has 1 aliphatic rings. The number of carbonyl (C=O) groups excluding carboxylic acids is 1. The van der Waals surface area contributed by atoms with E-state index in [1.54, 1.807) is 4.90 Å². The van der Waals surface area contributed by atoms with Crippen LogP contribution < -0.4 is 0 Å². The summed E-state index contributed by atoms with van der Waals surface area (Å²) in [6, 6.07) is 1.85. The second-order valence-corrected chi connectivity index (χ2v) is 6.15. The van der Waals surface area contributed by atoms with E-state index in [0.29, 0.717) is 11.7 Å². The summed E-state index contributed by atoms with van der Waals surface area (Å²) in [6.45, 7) is 5.75. The first kappa shape index (κ1) is 14.9. The highest BCUT2D eigenvalue weighted by Gasteiger charge is 2.24. The third-order valence-electron chi connectivity index (χ3n) is 4.48. The first-order chi connectivity index (χ1) is 10.6. The molecule has 22 heavy (non-hydrogen) atoms. The van der Waals surface area contributed by atoms with Gasteiger partial charge in [0.1, 0.15) is 11.6 Å². The molecule has 0 saturated carbocycles. The Balaban J connectivity index is 1.64. The van der Waals surface area contributed by atoms with Crippen molar-refractivity contribution in [2.45, 2.75) is 39.7 Å². The molecule has 3 heterocycles. The third-order valence-corrected chi connectivity index (χ3v) is 4.48.